The van der Waals surface area contributed by atoms with Crippen LogP contribution < -0.4 is 15.0 Å². The molecule has 1 aliphatic heterocycles. The summed E-state index contributed by atoms with van der Waals surface area (Å²) in [6.07, 6.45) is -2.76. The van der Waals surface area contributed by atoms with Gasteiger partial charge in [0.2, 0.25) is 0 Å². The SMILES string of the molecule is O=C(Nc1ccc(OC(F)(F)F)cc1)c1ccc(N2CCC(O)C2)c(-c2cncs2)c1. The summed E-state index contributed by atoms with van der Waals surface area (Å²) in [5.41, 5.74) is 4.17. The van der Waals surface area contributed by atoms with Crippen molar-refractivity contribution >= 4 is 28.6 Å². The molecule has 0 spiro atoms. The molecular weight excluding hydrogens is 431 g/mol. The summed E-state index contributed by atoms with van der Waals surface area (Å²) >= 11 is 1.44. The molecule has 1 aliphatic rings. The summed E-state index contributed by atoms with van der Waals surface area (Å²) in [6, 6.07) is 10.2. The van der Waals surface area contributed by atoms with Crippen molar-refractivity contribution in [1.29, 1.82) is 0 Å². The summed E-state index contributed by atoms with van der Waals surface area (Å²) in [5, 5.41) is 12.6. The van der Waals surface area contributed by atoms with Crippen molar-refractivity contribution in [3.05, 3.63) is 59.7 Å². The number of ether oxygens (including phenoxy) is 1. The lowest BCUT2D eigenvalue weighted by Crippen LogP contribution is -2.22. The molecule has 1 aromatic heterocycles. The number of hydrogen-bond acceptors (Lipinski definition) is 6. The first-order valence-corrected chi connectivity index (χ1v) is 10.3. The summed E-state index contributed by atoms with van der Waals surface area (Å²) in [4.78, 5) is 19.8. The fraction of sp³-hybridized carbons (Fsp3) is 0.238. The van der Waals surface area contributed by atoms with Gasteiger partial charge in [-0.05, 0) is 48.9 Å². The summed E-state index contributed by atoms with van der Waals surface area (Å²) < 4.78 is 40.7. The highest BCUT2D eigenvalue weighted by atomic mass is 32.1. The van der Waals surface area contributed by atoms with Crippen molar-refractivity contribution in [1.82, 2.24) is 4.98 Å². The molecule has 1 atom stereocenters. The van der Waals surface area contributed by atoms with Gasteiger partial charge in [-0.1, -0.05) is 0 Å². The van der Waals surface area contributed by atoms with E-state index in [-0.39, 0.29) is 11.9 Å². The number of thiazole rings is 1. The minimum absolute atomic E-state index is 0.339. The fourth-order valence-electron chi connectivity index (χ4n) is 3.40. The van der Waals surface area contributed by atoms with Crippen LogP contribution in [0, 0.1) is 0 Å². The number of anilines is 2. The zero-order valence-corrected chi connectivity index (χ0v) is 16.9. The van der Waals surface area contributed by atoms with Gasteiger partial charge >= 0.3 is 6.36 Å². The third-order valence-electron chi connectivity index (χ3n) is 4.81. The maximum atomic E-state index is 12.7. The monoisotopic (exact) mass is 449 g/mol. The molecule has 6 nitrogen and oxygen atoms in total. The second-order valence-electron chi connectivity index (χ2n) is 7.01. The highest BCUT2D eigenvalue weighted by Crippen LogP contribution is 2.36. The number of hydrogen-bond donors (Lipinski definition) is 2. The number of amides is 1. The smallest absolute Gasteiger partial charge is 0.406 e. The minimum atomic E-state index is -4.77. The topological polar surface area (TPSA) is 74.7 Å². The number of benzene rings is 2. The van der Waals surface area contributed by atoms with Crippen LogP contribution in [0.25, 0.3) is 10.4 Å². The van der Waals surface area contributed by atoms with Crippen LogP contribution in [0.15, 0.2) is 54.2 Å². The quantitative estimate of drug-likeness (QED) is 0.599. The molecule has 1 fully saturated rings. The van der Waals surface area contributed by atoms with E-state index in [1.165, 1.54) is 23.5 Å². The van der Waals surface area contributed by atoms with Gasteiger partial charge in [0.15, 0.2) is 0 Å². The number of nitrogens with one attached hydrogen (secondary N) is 1. The number of aromatic nitrogens is 1. The Kier molecular flexibility index (Phi) is 5.84. The van der Waals surface area contributed by atoms with Gasteiger partial charge in [-0.25, -0.2) is 0 Å². The van der Waals surface area contributed by atoms with Gasteiger partial charge in [0.25, 0.3) is 5.91 Å². The standard InChI is InChI=1S/C21H18F3N3O3S/c22-21(23,24)30-16-4-2-14(3-5-16)26-20(29)13-1-6-18(27-8-7-15(28)11-27)17(9-13)19-10-25-12-31-19/h1-6,9-10,12,15,28H,7-8,11H2,(H,26,29). The van der Waals surface area contributed by atoms with Crippen LogP contribution in [0.5, 0.6) is 5.75 Å². The Morgan fingerprint density at radius 1 is 1.23 bits per heavy atom. The summed E-state index contributed by atoms with van der Waals surface area (Å²) in [7, 11) is 0. The molecule has 2 aromatic carbocycles. The van der Waals surface area contributed by atoms with Crippen molar-refractivity contribution in [3.63, 3.8) is 0 Å². The van der Waals surface area contributed by atoms with Crippen LogP contribution in [0.4, 0.5) is 24.5 Å². The molecule has 0 aliphatic carbocycles. The van der Waals surface area contributed by atoms with Crippen LogP contribution in [0.3, 0.4) is 0 Å². The number of β-amino-alcohol motifs (C(OH)–C–C–N with tert-alkyl or cyclic N) is 1. The minimum Gasteiger partial charge on any atom is -0.406 e. The van der Waals surface area contributed by atoms with Crippen LogP contribution in [0.2, 0.25) is 0 Å². The van der Waals surface area contributed by atoms with E-state index in [0.29, 0.717) is 30.8 Å². The molecule has 3 aromatic rings. The molecule has 1 saturated heterocycles. The van der Waals surface area contributed by atoms with E-state index in [0.717, 1.165) is 28.3 Å². The lowest BCUT2D eigenvalue weighted by atomic mass is 10.1. The fourth-order valence-corrected chi connectivity index (χ4v) is 4.05. The van der Waals surface area contributed by atoms with E-state index in [4.69, 9.17) is 0 Å². The second kappa shape index (κ2) is 8.56. The van der Waals surface area contributed by atoms with Gasteiger partial charge in [-0.15, -0.1) is 24.5 Å². The van der Waals surface area contributed by atoms with Crippen molar-refractivity contribution in [2.24, 2.45) is 0 Å². The molecule has 0 radical (unpaired) electrons. The van der Waals surface area contributed by atoms with E-state index in [1.807, 2.05) is 6.07 Å². The summed E-state index contributed by atoms with van der Waals surface area (Å²) in [5.74, 6) is -0.765. The second-order valence-corrected chi connectivity index (χ2v) is 7.90. The van der Waals surface area contributed by atoms with Crippen molar-refractivity contribution in [2.45, 2.75) is 18.9 Å². The number of aliphatic hydroxyl groups excluding tert-OH is 1. The normalized spacial score (nSPS) is 16.4. The van der Waals surface area contributed by atoms with E-state index in [1.54, 1.807) is 23.8 Å². The Balaban J connectivity index is 1.55. The van der Waals surface area contributed by atoms with Gasteiger partial charge in [-0.2, -0.15) is 0 Å². The first-order chi connectivity index (χ1) is 14.8. The van der Waals surface area contributed by atoms with Gasteiger partial charge in [0.1, 0.15) is 5.75 Å². The molecule has 4 rings (SSSR count). The highest BCUT2D eigenvalue weighted by Gasteiger charge is 2.31. The molecule has 2 heterocycles. The molecular formula is C21H18F3N3O3S. The van der Waals surface area contributed by atoms with Gasteiger partial charge in [0, 0.05) is 41.8 Å². The van der Waals surface area contributed by atoms with E-state index >= 15 is 0 Å². The molecule has 10 heteroatoms. The van der Waals surface area contributed by atoms with Crippen molar-refractivity contribution in [3.8, 4) is 16.2 Å². The largest absolute Gasteiger partial charge is 0.573 e. The lowest BCUT2D eigenvalue weighted by Gasteiger charge is -2.21. The third kappa shape index (κ3) is 5.15. The van der Waals surface area contributed by atoms with Crippen LogP contribution >= 0.6 is 11.3 Å². The molecule has 0 saturated carbocycles. The van der Waals surface area contributed by atoms with Crippen LogP contribution in [0.1, 0.15) is 16.8 Å². The molecule has 0 bridgehead atoms. The van der Waals surface area contributed by atoms with Crippen molar-refractivity contribution < 1.29 is 27.8 Å². The molecule has 162 valence electrons. The number of alkyl halides is 3. The zero-order chi connectivity index (χ0) is 22.0. The average Bonchev–Trinajstić information content (AvgIpc) is 3.40. The maximum absolute atomic E-state index is 12.7. The van der Waals surface area contributed by atoms with E-state index < -0.39 is 12.3 Å². The Morgan fingerprint density at radius 3 is 2.61 bits per heavy atom. The predicted molar refractivity (Wildman–Crippen MR) is 111 cm³/mol. The Bertz CT molecular complexity index is 1060. The summed E-state index contributed by atoms with van der Waals surface area (Å²) in [6.45, 7) is 1.23. The first-order valence-electron chi connectivity index (χ1n) is 9.41. The Labute approximate surface area is 179 Å². The number of carbonyl (C=O) groups excluding carboxylic acids is 1. The van der Waals surface area contributed by atoms with Gasteiger partial charge in [0.05, 0.1) is 16.5 Å². The Hall–Kier alpha value is -3.11. The molecule has 1 amide bonds. The molecule has 2 N–H and O–H groups in total. The van der Waals surface area contributed by atoms with E-state index in [9.17, 15) is 23.1 Å². The number of halogens is 3. The lowest BCUT2D eigenvalue weighted by molar-refractivity contribution is -0.274. The number of aliphatic hydroxyl groups is 1. The number of rotatable bonds is 5. The third-order valence-corrected chi connectivity index (χ3v) is 5.61. The first kappa shape index (κ1) is 21.1. The van der Waals surface area contributed by atoms with Crippen LogP contribution in [-0.4, -0.2) is 41.6 Å². The van der Waals surface area contributed by atoms with Crippen LogP contribution in [-0.2, 0) is 0 Å². The predicted octanol–water partition coefficient (Wildman–Crippen LogP) is 4.53. The highest BCUT2D eigenvalue weighted by molar-refractivity contribution is 7.13. The maximum Gasteiger partial charge on any atom is 0.573 e. The van der Waals surface area contributed by atoms with Gasteiger partial charge < -0.3 is 20.1 Å². The average molecular weight is 449 g/mol. The Morgan fingerprint density at radius 2 is 2.00 bits per heavy atom. The zero-order valence-electron chi connectivity index (χ0n) is 16.1. The van der Waals surface area contributed by atoms with Crippen molar-refractivity contribution in [2.75, 3.05) is 23.3 Å². The molecule has 1 unspecified atom stereocenters. The molecule has 31 heavy (non-hydrogen) atoms. The van der Waals surface area contributed by atoms with Gasteiger partial charge in [-0.3, -0.25) is 9.78 Å². The number of carbonyl (C=O) groups is 1. The van der Waals surface area contributed by atoms with E-state index in [2.05, 4.69) is 19.9 Å². The number of nitrogens with zero attached hydrogens (tertiary/aromatic N) is 2.